The van der Waals surface area contributed by atoms with Crippen LogP contribution in [0.2, 0.25) is 0 Å². The molecule has 2 aromatic heterocycles. The van der Waals surface area contributed by atoms with Gasteiger partial charge in [-0.2, -0.15) is 0 Å². The van der Waals surface area contributed by atoms with Gasteiger partial charge in [0.1, 0.15) is 5.57 Å². The number of carbonyl (C=O) groups is 3. The molecule has 0 aliphatic carbocycles. The first-order chi connectivity index (χ1) is 18.0. The van der Waals surface area contributed by atoms with E-state index in [1.165, 1.54) is 6.08 Å². The summed E-state index contributed by atoms with van der Waals surface area (Å²) in [5.41, 5.74) is 3.40. The molecule has 1 aliphatic rings. The highest BCUT2D eigenvalue weighted by atomic mass is 16.2. The molecule has 1 aliphatic heterocycles. The van der Waals surface area contributed by atoms with Crippen LogP contribution in [0.15, 0.2) is 89.4 Å². The molecule has 37 heavy (non-hydrogen) atoms. The molecule has 0 unspecified atom stereocenters. The molecule has 4 amide bonds. The highest BCUT2D eigenvalue weighted by Crippen LogP contribution is 2.25. The number of aromatic nitrogens is 2. The molecule has 8 nitrogen and oxygen atoms in total. The summed E-state index contributed by atoms with van der Waals surface area (Å²) in [7, 11) is 0. The minimum atomic E-state index is -0.822. The number of hydrogen-bond donors (Lipinski definition) is 2. The molecule has 6 rings (SSSR count). The summed E-state index contributed by atoms with van der Waals surface area (Å²) in [6.07, 6.45) is 4.20. The van der Waals surface area contributed by atoms with E-state index < -0.39 is 17.8 Å². The largest absolute Gasteiger partial charge is 0.347 e. The number of carbonyl (C=O) groups excluding carboxylic acids is 3. The quantitative estimate of drug-likeness (QED) is 0.221. The lowest BCUT2D eigenvalue weighted by Crippen LogP contribution is -2.51. The number of hydrogen-bond acceptors (Lipinski definition) is 4. The Morgan fingerprint density at radius 2 is 1.19 bits per heavy atom. The number of pyridine rings is 1. The third-order valence-corrected chi connectivity index (χ3v) is 6.72. The van der Waals surface area contributed by atoms with E-state index in [0.29, 0.717) is 29.4 Å². The number of barbiturate groups is 1. The maximum atomic E-state index is 13.0. The molecule has 0 radical (unpaired) electrons. The van der Waals surface area contributed by atoms with Crippen LogP contribution in [-0.2, 0) is 22.7 Å². The van der Waals surface area contributed by atoms with Crippen molar-refractivity contribution < 1.29 is 14.4 Å². The lowest BCUT2D eigenvalue weighted by Gasteiger charge is -2.15. The Morgan fingerprint density at radius 1 is 0.649 bits per heavy atom. The van der Waals surface area contributed by atoms with E-state index in [2.05, 4.69) is 19.8 Å². The summed E-state index contributed by atoms with van der Waals surface area (Å²) in [6.45, 7) is 1.37. The van der Waals surface area contributed by atoms with E-state index in [0.717, 1.165) is 28.4 Å². The molecule has 1 saturated heterocycles. The number of para-hydroxylation sites is 3. The Labute approximate surface area is 210 Å². The number of imide groups is 2. The van der Waals surface area contributed by atoms with Crippen LogP contribution in [0.3, 0.4) is 0 Å². The molecular formula is C29H22N4O4. The highest BCUT2D eigenvalue weighted by molar-refractivity contribution is 6.31. The maximum Gasteiger partial charge on any atom is 0.328 e. The molecule has 0 bridgehead atoms. The smallest absolute Gasteiger partial charge is 0.328 e. The van der Waals surface area contributed by atoms with Crippen LogP contribution >= 0.6 is 0 Å². The van der Waals surface area contributed by atoms with Crippen LogP contribution in [0.4, 0.5) is 4.79 Å². The summed E-state index contributed by atoms with van der Waals surface area (Å²) in [5.74, 6) is -1.44. The molecule has 8 heteroatoms. The van der Waals surface area contributed by atoms with Crippen LogP contribution in [-0.4, -0.2) is 27.0 Å². The Kier molecular flexibility index (Phi) is 5.41. The lowest BCUT2D eigenvalue weighted by molar-refractivity contribution is -0.123. The van der Waals surface area contributed by atoms with E-state index in [4.69, 9.17) is 0 Å². The van der Waals surface area contributed by atoms with Gasteiger partial charge in [0.25, 0.3) is 11.8 Å². The van der Waals surface area contributed by atoms with Crippen molar-refractivity contribution in [2.45, 2.75) is 19.5 Å². The molecule has 1 fully saturated rings. The summed E-state index contributed by atoms with van der Waals surface area (Å²) in [6, 6.07) is 22.3. The number of amides is 4. The predicted molar refractivity (Wildman–Crippen MR) is 142 cm³/mol. The second-order valence-corrected chi connectivity index (χ2v) is 8.96. The number of nitrogens with one attached hydrogen (secondary N) is 2. The first-order valence-corrected chi connectivity index (χ1v) is 12.0. The minimum absolute atomic E-state index is 0.0361. The SMILES string of the molecule is O=C1NC(=O)C(=Cc2cn(CCCn3c4ccccc4c(=O)c4ccccc43)c3ccccc23)C(=O)N1. The number of aryl methyl sites for hydroxylation is 2. The highest BCUT2D eigenvalue weighted by Gasteiger charge is 2.28. The van der Waals surface area contributed by atoms with Crippen molar-refractivity contribution in [3.63, 3.8) is 0 Å². The van der Waals surface area contributed by atoms with Crippen LogP contribution in [0, 0.1) is 0 Å². The zero-order valence-corrected chi connectivity index (χ0v) is 19.7. The zero-order chi connectivity index (χ0) is 25.5. The van der Waals surface area contributed by atoms with Crippen molar-refractivity contribution in [2.75, 3.05) is 0 Å². The summed E-state index contributed by atoms with van der Waals surface area (Å²) in [5, 5.41) is 6.51. The summed E-state index contributed by atoms with van der Waals surface area (Å²) < 4.78 is 4.28. The fourth-order valence-electron chi connectivity index (χ4n) is 5.05. The molecule has 182 valence electrons. The number of benzene rings is 3. The van der Waals surface area contributed by atoms with Gasteiger partial charge in [0.2, 0.25) is 0 Å². The molecule has 2 N–H and O–H groups in total. The number of fused-ring (bicyclic) bond motifs is 3. The third-order valence-electron chi connectivity index (χ3n) is 6.72. The van der Waals surface area contributed by atoms with E-state index in [-0.39, 0.29) is 11.0 Å². The molecule has 0 atom stereocenters. The van der Waals surface area contributed by atoms with Crippen LogP contribution < -0.4 is 16.1 Å². The molecular weight excluding hydrogens is 468 g/mol. The second kappa shape index (κ2) is 8.91. The van der Waals surface area contributed by atoms with Crippen molar-refractivity contribution in [1.29, 1.82) is 0 Å². The monoisotopic (exact) mass is 490 g/mol. The Bertz CT molecular complexity index is 1760. The van der Waals surface area contributed by atoms with E-state index >= 15 is 0 Å². The van der Waals surface area contributed by atoms with Gasteiger partial charge in [-0.15, -0.1) is 0 Å². The van der Waals surface area contributed by atoms with E-state index in [9.17, 15) is 19.2 Å². The average molecular weight is 491 g/mol. The first-order valence-electron chi connectivity index (χ1n) is 12.0. The van der Waals surface area contributed by atoms with Crippen molar-refractivity contribution in [1.82, 2.24) is 19.8 Å². The lowest BCUT2D eigenvalue weighted by atomic mass is 10.1. The van der Waals surface area contributed by atoms with E-state index in [1.54, 1.807) is 0 Å². The van der Waals surface area contributed by atoms with Crippen LogP contribution in [0.5, 0.6) is 0 Å². The Hall–Kier alpha value is -4.98. The van der Waals surface area contributed by atoms with Gasteiger partial charge in [-0.3, -0.25) is 25.0 Å². The van der Waals surface area contributed by atoms with Crippen molar-refractivity contribution in [3.8, 4) is 0 Å². The standard InChI is InChI=1S/C29H22N4O4/c34-26-20-9-2-5-12-24(20)33(25-13-6-3-10-21(25)26)15-7-14-32-17-18(19-8-1-4-11-23(19)32)16-22-27(35)30-29(37)31-28(22)36/h1-6,8-13,16-17H,7,14-15H2,(H2,30,31,35,36,37). The number of urea groups is 1. The van der Waals surface area contributed by atoms with Gasteiger partial charge in [0.05, 0.1) is 11.0 Å². The van der Waals surface area contributed by atoms with Gasteiger partial charge in [-0.25, -0.2) is 4.79 Å². The zero-order valence-electron chi connectivity index (χ0n) is 19.7. The second-order valence-electron chi connectivity index (χ2n) is 8.96. The number of nitrogens with zero attached hydrogens (tertiary/aromatic N) is 2. The normalized spacial score (nSPS) is 13.8. The van der Waals surface area contributed by atoms with Gasteiger partial charge >= 0.3 is 6.03 Å². The van der Waals surface area contributed by atoms with Crippen molar-refractivity contribution >= 4 is 56.6 Å². The Morgan fingerprint density at radius 3 is 1.81 bits per heavy atom. The van der Waals surface area contributed by atoms with Crippen molar-refractivity contribution in [2.24, 2.45) is 0 Å². The van der Waals surface area contributed by atoms with Crippen molar-refractivity contribution in [3.05, 3.63) is 100 Å². The predicted octanol–water partition coefficient (Wildman–Crippen LogP) is 3.95. The van der Waals surface area contributed by atoms with Gasteiger partial charge in [0.15, 0.2) is 5.43 Å². The fraction of sp³-hybridized carbons (Fsp3) is 0.103. The molecule has 3 heterocycles. The minimum Gasteiger partial charge on any atom is -0.347 e. The van der Waals surface area contributed by atoms with Gasteiger partial charge < -0.3 is 9.13 Å². The average Bonchev–Trinajstić information content (AvgIpc) is 3.25. The Balaban J connectivity index is 1.34. The summed E-state index contributed by atoms with van der Waals surface area (Å²) in [4.78, 5) is 48.9. The molecule has 0 saturated carbocycles. The van der Waals surface area contributed by atoms with Gasteiger partial charge in [0, 0.05) is 46.5 Å². The third kappa shape index (κ3) is 3.88. The fourth-order valence-corrected chi connectivity index (χ4v) is 5.05. The van der Waals surface area contributed by atoms with Crippen LogP contribution in [0.25, 0.3) is 38.8 Å². The molecule has 5 aromatic rings. The molecule has 3 aromatic carbocycles. The van der Waals surface area contributed by atoms with E-state index in [1.807, 2.05) is 79.0 Å². The summed E-state index contributed by atoms with van der Waals surface area (Å²) >= 11 is 0. The molecule has 0 spiro atoms. The topological polar surface area (TPSA) is 102 Å². The number of rotatable bonds is 5. The van der Waals surface area contributed by atoms with Gasteiger partial charge in [-0.1, -0.05) is 42.5 Å². The van der Waals surface area contributed by atoms with Gasteiger partial charge in [-0.05, 0) is 42.8 Å². The first kappa shape index (κ1) is 22.5. The maximum absolute atomic E-state index is 13.0. The van der Waals surface area contributed by atoms with Crippen LogP contribution in [0.1, 0.15) is 12.0 Å².